The summed E-state index contributed by atoms with van der Waals surface area (Å²) in [4.78, 5) is 11.4. The maximum atomic E-state index is 11.4. The molecule has 0 radical (unpaired) electrons. The molecule has 0 spiro atoms. The second kappa shape index (κ2) is 7.27. The summed E-state index contributed by atoms with van der Waals surface area (Å²) in [7, 11) is 1.40. The topological polar surface area (TPSA) is 35.5 Å². The molecule has 2 aromatic rings. The molecule has 0 aliphatic heterocycles. The quantitative estimate of drug-likeness (QED) is 0.764. The zero-order valence-electron chi connectivity index (χ0n) is 12.1. The molecular formula is C17H17BrO3. The normalized spacial score (nSPS) is 10.2. The summed E-state index contributed by atoms with van der Waals surface area (Å²) in [5, 5.41) is 0. The molecule has 110 valence electrons. The van der Waals surface area contributed by atoms with Crippen molar-refractivity contribution in [3.05, 3.63) is 63.6 Å². The molecule has 0 atom stereocenters. The number of ether oxygens (including phenoxy) is 2. The average Bonchev–Trinajstić information content (AvgIpc) is 2.47. The zero-order chi connectivity index (χ0) is 15.2. The van der Waals surface area contributed by atoms with E-state index in [2.05, 4.69) is 15.9 Å². The molecule has 0 fully saturated rings. The van der Waals surface area contributed by atoms with Crippen LogP contribution >= 0.6 is 15.9 Å². The molecule has 0 saturated heterocycles. The summed E-state index contributed by atoms with van der Waals surface area (Å²) >= 11 is 3.43. The SMILES string of the molecule is COC(=O)Cc1ccccc1COc1ccc(Br)cc1C. The van der Waals surface area contributed by atoms with Crippen LogP contribution in [0.2, 0.25) is 0 Å². The van der Waals surface area contributed by atoms with Crippen molar-refractivity contribution < 1.29 is 14.3 Å². The lowest BCUT2D eigenvalue weighted by Crippen LogP contribution is -2.08. The van der Waals surface area contributed by atoms with Gasteiger partial charge < -0.3 is 9.47 Å². The molecule has 0 aliphatic carbocycles. The van der Waals surface area contributed by atoms with Gasteiger partial charge in [-0.3, -0.25) is 4.79 Å². The van der Waals surface area contributed by atoms with Crippen molar-refractivity contribution >= 4 is 21.9 Å². The van der Waals surface area contributed by atoms with Crippen LogP contribution in [0.1, 0.15) is 16.7 Å². The predicted molar refractivity (Wildman–Crippen MR) is 85.4 cm³/mol. The Labute approximate surface area is 133 Å². The van der Waals surface area contributed by atoms with Gasteiger partial charge in [-0.05, 0) is 41.8 Å². The van der Waals surface area contributed by atoms with Crippen LogP contribution in [0.15, 0.2) is 46.9 Å². The van der Waals surface area contributed by atoms with Crippen molar-refractivity contribution in [2.24, 2.45) is 0 Å². The molecule has 4 heteroatoms. The van der Waals surface area contributed by atoms with Crippen molar-refractivity contribution in [3.63, 3.8) is 0 Å². The summed E-state index contributed by atoms with van der Waals surface area (Å²) in [6, 6.07) is 13.6. The monoisotopic (exact) mass is 348 g/mol. The molecule has 0 aliphatic rings. The summed E-state index contributed by atoms with van der Waals surface area (Å²) < 4.78 is 11.6. The first-order valence-electron chi connectivity index (χ1n) is 6.62. The van der Waals surface area contributed by atoms with Gasteiger partial charge in [0.25, 0.3) is 0 Å². The van der Waals surface area contributed by atoms with E-state index in [1.807, 2.05) is 49.4 Å². The largest absolute Gasteiger partial charge is 0.489 e. The van der Waals surface area contributed by atoms with E-state index in [4.69, 9.17) is 9.47 Å². The van der Waals surface area contributed by atoms with Crippen molar-refractivity contribution in [2.75, 3.05) is 7.11 Å². The second-order valence-electron chi connectivity index (χ2n) is 4.72. The van der Waals surface area contributed by atoms with Crippen molar-refractivity contribution in [1.29, 1.82) is 0 Å². The third kappa shape index (κ3) is 4.33. The Bertz CT molecular complexity index is 638. The van der Waals surface area contributed by atoms with Gasteiger partial charge in [0, 0.05) is 4.47 Å². The number of hydrogen-bond acceptors (Lipinski definition) is 3. The number of esters is 1. The maximum Gasteiger partial charge on any atom is 0.309 e. The standard InChI is InChI=1S/C17H17BrO3/c1-12-9-15(18)7-8-16(12)21-11-14-6-4-3-5-13(14)10-17(19)20-2/h3-9H,10-11H2,1-2H3. The molecule has 0 saturated carbocycles. The van der Waals surface area contributed by atoms with Gasteiger partial charge in [0.05, 0.1) is 13.5 Å². The molecule has 2 rings (SSSR count). The Kier molecular flexibility index (Phi) is 5.39. The van der Waals surface area contributed by atoms with E-state index in [0.29, 0.717) is 6.61 Å². The number of hydrogen-bond donors (Lipinski definition) is 0. The van der Waals surface area contributed by atoms with Crippen LogP contribution in [-0.2, 0) is 22.6 Å². The first-order chi connectivity index (χ1) is 10.1. The van der Waals surface area contributed by atoms with Crippen molar-refractivity contribution in [3.8, 4) is 5.75 Å². The van der Waals surface area contributed by atoms with E-state index < -0.39 is 0 Å². The highest BCUT2D eigenvalue weighted by Crippen LogP contribution is 2.23. The minimum absolute atomic E-state index is 0.248. The fraction of sp³-hybridized carbons (Fsp3) is 0.235. The number of halogens is 1. The van der Waals surface area contributed by atoms with E-state index in [1.165, 1.54) is 7.11 Å². The Morgan fingerprint density at radius 1 is 1.14 bits per heavy atom. The van der Waals surface area contributed by atoms with Crippen LogP contribution in [0.3, 0.4) is 0 Å². The Morgan fingerprint density at radius 3 is 2.52 bits per heavy atom. The highest BCUT2D eigenvalue weighted by atomic mass is 79.9. The molecule has 0 bridgehead atoms. The Balaban J connectivity index is 2.11. The van der Waals surface area contributed by atoms with Crippen molar-refractivity contribution in [1.82, 2.24) is 0 Å². The molecule has 0 N–H and O–H groups in total. The lowest BCUT2D eigenvalue weighted by Gasteiger charge is -2.12. The van der Waals surface area contributed by atoms with E-state index in [-0.39, 0.29) is 12.4 Å². The maximum absolute atomic E-state index is 11.4. The lowest BCUT2D eigenvalue weighted by molar-refractivity contribution is -0.139. The third-order valence-electron chi connectivity index (χ3n) is 3.20. The molecule has 21 heavy (non-hydrogen) atoms. The number of aryl methyl sites for hydroxylation is 1. The van der Waals surface area contributed by atoms with Crippen LogP contribution in [0.4, 0.5) is 0 Å². The lowest BCUT2D eigenvalue weighted by atomic mass is 10.1. The van der Waals surface area contributed by atoms with Gasteiger partial charge in [-0.1, -0.05) is 40.2 Å². The molecule has 0 amide bonds. The van der Waals surface area contributed by atoms with Crippen molar-refractivity contribution in [2.45, 2.75) is 20.0 Å². The third-order valence-corrected chi connectivity index (χ3v) is 3.69. The number of benzene rings is 2. The molecule has 3 nitrogen and oxygen atoms in total. The number of methoxy groups -OCH3 is 1. The van der Waals surface area contributed by atoms with Gasteiger partial charge in [0.2, 0.25) is 0 Å². The van der Waals surface area contributed by atoms with Crippen LogP contribution in [0.25, 0.3) is 0 Å². The van der Waals surface area contributed by atoms with Crippen LogP contribution < -0.4 is 4.74 Å². The molecule has 0 heterocycles. The molecule has 0 aromatic heterocycles. The van der Waals surface area contributed by atoms with E-state index in [9.17, 15) is 4.79 Å². The van der Waals surface area contributed by atoms with E-state index in [0.717, 1.165) is 26.9 Å². The number of carbonyl (C=O) groups is 1. The highest BCUT2D eigenvalue weighted by Gasteiger charge is 2.09. The van der Waals surface area contributed by atoms with Gasteiger partial charge in [-0.2, -0.15) is 0 Å². The predicted octanol–water partition coefficient (Wildman–Crippen LogP) is 4.05. The first-order valence-corrected chi connectivity index (χ1v) is 7.42. The summed E-state index contributed by atoms with van der Waals surface area (Å²) in [5.74, 6) is 0.591. The fourth-order valence-electron chi connectivity index (χ4n) is 2.03. The first kappa shape index (κ1) is 15.6. The van der Waals surface area contributed by atoms with Crippen LogP contribution in [-0.4, -0.2) is 13.1 Å². The smallest absolute Gasteiger partial charge is 0.309 e. The molecule has 2 aromatic carbocycles. The zero-order valence-corrected chi connectivity index (χ0v) is 13.6. The average molecular weight is 349 g/mol. The van der Waals surface area contributed by atoms with Gasteiger partial charge in [0.15, 0.2) is 0 Å². The number of carbonyl (C=O) groups excluding carboxylic acids is 1. The second-order valence-corrected chi connectivity index (χ2v) is 5.64. The van der Waals surface area contributed by atoms with Crippen LogP contribution in [0.5, 0.6) is 5.75 Å². The Morgan fingerprint density at radius 2 is 1.86 bits per heavy atom. The summed E-state index contributed by atoms with van der Waals surface area (Å²) in [6.07, 6.45) is 0.259. The van der Waals surface area contributed by atoms with Gasteiger partial charge in [-0.15, -0.1) is 0 Å². The molecule has 0 unspecified atom stereocenters. The van der Waals surface area contributed by atoms with Gasteiger partial charge >= 0.3 is 5.97 Å². The number of rotatable bonds is 5. The van der Waals surface area contributed by atoms with Crippen LogP contribution in [0, 0.1) is 6.92 Å². The van der Waals surface area contributed by atoms with Gasteiger partial charge in [-0.25, -0.2) is 0 Å². The summed E-state index contributed by atoms with van der Waals surface area (Å²) in [5.41, 5.74) is 2.99. The highest BCUT2D eigenvalue weighted by molar-refractivity contribution is 9.10. The Hall–Kier alpha value is -1.81. The molecular weight excluding hydrogens is 332 g/mol. The minimum atomic E-state index is -0.248. The van der Waals surface area contributed by atoms with E-state index >= 15 is 0 Å². The minimum Gasteiger partial charge on any atom is -0.489 e. The fourth-order valence-corrected chi connectivity index (χ4v) is 2.50. The summed E-state index contributed by atoms with van der Waals surface area (Å²) in [6.45, 7) is 2.43. The van der Waals surface area contributed by atoms with E-state index in [1.54, 1.807) is 0 Å². The van der Waals surface area contributed by atoms with Gasteiger partial charge in [0.1, 0.15) is 12.4 Å².